The van der Waals surface area contributed by atoms with E-state index in [0.29, 0.717) is 11.7 Å². The zero-order chi connectivity index (χ0) is 26.5. The van der Waals surface area contributed by atoms with Gasteiger partial charge in [-0.05, 0) is 90.1 Å². The minimum Gasteiger partial charge on any atom is -0.365 e. The lowest BCUT2D eigenvalue weighted by molar-refractivity contribution is 0.510. The van der Waals surface area contributed by atoms with E-state index in [-0.39, 0.29) is 60.7 Å². The van der Waals surface area contributed by atoms with Gasteiger partial charge in [0.15, 0.2) is 0 Å². The van der Waals surface area contributed by atoms with Crippen LogP contribution in [0, 0.1) is 10.8 Å². The van der Waals surface area contributed by atoms with Crippen molar-refractivity contribution in [2.75, 3.05) is 0 Å². The Kier molecular flexibility index (Phi) is 11.9. The molecule has 0 spiro atoms. The van der Waals surface area contributed by atoms with Gasteiger partial charge >= 0.3 is 0 Å². The lowest BCUT2D eigenvalue weighted by Crippen LogP contribution is -2.40. The van der Waals surface area contributed by atoms with E-state index in [1.807, 2.05) is 90.1 Å². The topological polar surface area (TPSA) is 129 Å². The molecule has 13 heteroatoms. The molecule has 0 saturated carbocycles. The molecule has 0 saturated heterocycles. The lowest BCUT2D eigenvalue weighted by Gasteiger charge is -2.22. The van der Waals surface area contributed by atoms with Gasteiger partial charge in [0, 0.05) is 22.2 Å². The van der Waals surface area contributed by atoms with Gasteiger partial charge in [-0.3, -0.25) is 10.8 Å². The van der Waals surface area contributed by atoms with Crippen LogP contribution in [0.5, 0.6) is 0 Å². The highest BCUT2D eigenvalue weighted by Gasteiger charge is 2.17. The monoisotopic (exact) mass is 656 g/mol. The summed E-state index contributed by atoms with van der Waals surface area (Å²) < 4.78 is 0. The zero-order valence-electron chi connectivity index (χ0n) is 23.6. The first kappa shape index (κ1) is 36.2. The number of aromatic amines is 2. The molecule has 0 unspecified atom stereocenters. The first-order valence-corrected chi connectivity index (χ1v) is 13.0. The summed E-state index contributed by atoms with van der Waals surface area (Å²) in [5.41, 5.74) is 4.76. The Hall–Kier alpha value is -2.82. The number of benzene rings is 2. The third kappa shape index (κ3) is 8.36. The quantitative estimate of drug-likeness (QED) is 0.0865. The van der Waals surface area contributed by atoms with E-state index >= 15 is 0 Å². The van der Waals surface area contributed by atoms with Gasteiger partial charge in [0.25, 0.3) is 0 Å². The SMILES string of the molecule is CC(C)(C)NC(=N)c1ccc2[nH]c(-c3ccc(-c4nc5cc(C(=N)NC(C)(C)C)ccc5[nH]4)s3)nc2c1.Cl.Cl.Cl.Cl. The number of imidazole rings is 2. The largest absolute Gasteiger partial charge is 0.365 e. The summed E-state index contributed by atoms with van der Waals surface area (Å²) in [5, 5.41) is 23.2. The molecular formula is C28H36Cl4N8S. The number of rotatable bonds is 4. The van der Waals surface area contributed by atoms with E-state index in [9.17, 15) is 0 Å². The Balaban J connectivity index is 0.00000210. The smallest absolute Gasteiger partial charge is 0.148 e. The van der Waals surface area contributed by atoms with E-state index in [4.69, 9.17) is 20.8 Å². The molecule has 6 N–H and O–H groups in total. The standard InChI is InChI=1S/C28H32N8S.4ClH/c1-27(2,3)35-23(29)15-7-9-17-19(13-15)33-25(31-17)21-11-12-22(37-21)26-32-18-10-8-16(14-20(18)34-26)24(30)36-28(4,5)6;;;;/h7-14H,1-6H3,(H2,29,35)(H2,30,36)(H,31,33)(H,32,34);4*1H. The van der Waals surface area contributed by atoms with Crippen molar-refractivity contribution in [1.29, 1.82) is 10.8 Å². The maximum Gasteiger partial charge on any atom is 0.148 e. The number of amidine groups is 2. The molecule has 41 heavy (non-hydrogen) atoms. The minimum absolute atomic E-state index is 0. The van der Waals surface area contributed by atoms with Crippen LogP contribution < -0.4 is 10.6 Å². The van der Waals surface area contributed by atoms with Crippen molar-refractivity contribution in [2.45, 2.75) is 52.6 Å². The second kappa shape index (κ2) is 13.4. The maximum atomic E-state index is 8.38. The number of hydrogen-bond acceptors (Lipinski definition) is 5. The van der Waals surface area contributed by atoms with Gasteiger partial charge in [0.2, 0.25) is 0 Å². The highest BCUT2D eigenvalue weighted by atomic mass is 35.5. The fourth-order valence-corrected chi connectivity index (χ4v) is 4.94. The van der Waals surface area contributed by atoms with Crippen molar-refractivity contribution >= 4 is 94.7 Å². The van der Waals surface area contributed by atoms with E-state index in [1.165, 1.54) is 0 Å². The van der Waals surface area contributed by atoms with Crippen molar-refractivity contribution in [3.8, 4) is 21.4 Å². The van der Waals surface area contributed by atoms with Crippen LogP contribution >= 0.6 is 61.0 Å². The molecule has 0 aliphatic rings. The average molecular weight is 659 g/mol. The Morgan fingerprint density at radius 2 is 1.00 bits per heavy atom. The zero-order valence-corrected chi connectivity index (χ0v) is 27.6. The fraction of sp³-hybridized carbons (Fsp3) is 0.286. The van der Waals surface area contributed by atoms with E-state index in [2.05, 4.69) is 20.6 Å². The highest BCUT2D eigenvalue weighted by Crippen LogP contribution is 2.34. The fourth-order valence-electron chi connectivity index (χ4n) is 4.04. The Bertz CT molecular complexity index is 1540. The number of halogens is 4. The summed E-state index contributed by atoms with van der Waals surface area (Å²) in [6.07, 6.45) is 0. The van der Waals surface area contributed by atoms with Gasteiger partial charge < -0.3 is 20.6 Å². The molecule has 0 atom stereocenters. The summed E-state index contributed by atoms with van der Waals surface area (Å²) in [5.74, 6) is 2.35. The van der Waals surface area contributed by atoms with E-state index in [0.717, 1.165) is 54.6 Å². The summed E-state index contributed by atoms with van der Waals surface area (Å²) in [7, 11) is 0. The number of fused-ring (bicyclic) bond motifs is 2. The normalized spacial score (nSPS) is 11.1. The first-order valence-electron chi connectivity index (χ1n) is 12.2. The molecule has 5 aromatic rings. The van der Waals surface area contributed by atoms with Gasteiger partial charge in [-0.25, -0.2) is 9.97 Å². The predicted octanol–water partition coefficient (Wildman–Crippen LogP) is 7.95. The summed E-state index contributed by atoms with van der Waals surface area (Å²) in [4.78, 5) is 18.4. The molecule has 0 aliphatic carbocycles. The minimum atomic E-state index is -0.181. The van der Waals surface area contributed by atoms with Gasteiger partial charge in [0.1, 0.15) is 23.3 Å². The summed E-state index contributed by atoms with van der Waals surface area (Å²) >= 11 is 1.61. The van der Waals surface area contributed by atoms with Gasteiger partial charge in [-0.1, -0.05) is 0 Å². The molecule has 8 nitrogen and oxygen atoms in total. The van der Waals surface area contributed by atoms with Crippen molar-refractivity contribution in [2.24, 2.45) is 0 Å². The number of nitrogens with one attached hydrogen (secondary N) is 6. The molecule has 222 valence electrons. The molecule has 3 aromatic heterocycles. The predicted molar refractivity (Wildman–Crippen MR) is 183 cm³/mol. The number of aromatic nitrogens is 4. The second-order valence-corrected chi connectivity index (χ2v) is 12.4. The van der Waals surface area contributed by atoms with Crippen molar-refractivity contribution < 1.29 is 0 Å². The molecule has 0 radical (unpaired) electrons. The van der Waals surface area contributed by atoms with Gasteiger partial charge in [-0.15, -0.1) is 61.0 Å². The third-order valence-corrected chi connectivity index (χ3v) is 6.71. The van der Waals surface area contributed by atoms with Crippen LogP contribution in [0.25, 0.3) is 43.5 Å². The van der Waals surface area contributed by atoms with Crippen molar-refractivity contribution in [3.05, 3.63) is 59.7 Å². The molecule has 0 aliphatic heterocycles. The first-order chi connectivity index (χ1) is 17.3. The van der Waals surface area contributed by atoms with Crippen molar-refractivity contribution in [1.82, 2.24) is 30.6 Å². The Morgan fingerprint density at radius 3 is 1.34 bits per heavy atom. The van der Waals surface area contributed by atoms with E-state index in [1.54, 1.807) is 11.3 Å². The molecule has 0 bridgehead atoms. The van der Waals surface area contributed by atoms with Crippen LogP contribution in [-0.2, 0) is 0 Å². The van der Waals surface area contributed by atoms with E-state index < -0.39 is 0 Å². The molecule has 2 aromatic carbocycles. The number of hydrogen-bond donors (Lipinski definition) is 6. The molecule has 0 amide bonds. The van der Waals surface area contributed by atoms with Crippen LogP contribution in [0.4, 0.5) is 0 Å². The summed E-state index contributed by atoms with van der Waals surface area (Å²) in [6, 6.07) is 15.8. The number of H-pyrrole nitrogens is 2. The van der Waals surface area contributed by atoms with Gasteiger partial charge in [0.05, 0.1) is 31.8 Å². The van der Waals surface area contributed by atoms with Crippen LogP contribution in [-0.4, -0.2) is 42.7 Å². The van der Waals surface area contributed by atoms with Gasteiger partial charge in [-0.2, -0.15) is 0 Å². The lowest BCUT2D eigenvalue weighted by atomic mass is 10.1. The molecular weight excluding hydrogens is 622 g/mol. The second-order valence-electron chi connectivity index (χ2n) is 11.3. The molecule has 0 fully saturated rings. The molecule has 3 heterocycles. The molecule has 5 rings (SSSR count). The Morgan fingerprint density at radius 1 is 0.634 bits per heavy atom. The van der Waals surface area contributed by atoms with Crippen LogP contribution in [0.3, 0.4) is 0 Å². The third-order valence-electron chi connectivity index (χ3n) is 5.62. The number of nitrogens with zero attached hydrogens (tertiary/aromatic N) is 2. The highest BCUT2D eigenvalue weighted by molar-refractivity contribution is 7.18. The van der Waals surface area contributed by atoms with Crippen molar-refractivity contribution in [3.63, 3.8) is 0 Å². The van der Waals surface area contributed by atoms with Crippen LogP contribution in [0.1, 0.15) is 52.7 Å². The van der Waals surface area contributed by atoms with Crippen LogP contribution in [0.2, 0.25) is 0 Å². The Labute approximate surface area is 268 Å². The maximum absolute atomic E-state index is 8.38. The average Bonchev–Trinajstić information content (AvgIpc) is 3.52. The number of thiophene rings is 1. The summed E-state index contributed by atoms with van der Waals surface area (Å²) in [6.45, 7) is 12.2. The van der Waals surface area contributed by atoms with Crippen LogP contribution in [0.15, 0.2) is 48.5 Å².